The Kier molecular flexibility index (Phi) is 5.23. The molecule has 1 saturated carbocycles. The predicted molar refractivity (Wildman–Crippen MR) is 95.5 cm³/mol. The number of nitrogens with two attached hydrogens (primary N) is 1. The number of carbonyl (C=O) groups is 1. The molecule has 1 aliphatic rings. The van der Waals surface area contributed by atoms with Gasteiger partial charge in [0.25, 0.3) is 0 Å². The third-order valence-corrected chi connectivity index (χ3v) is 4.82. The van der Waals surface area contributed by atoms with Gasteiger partial charge in [-0.2, -0.15) is 0 Å². The number of aryl methyl sites for hydroxylation is 1. The molecule has 2 unspecified atom stereocenters. The van der Waals surface area contributed by atoms with Crippen LogP contribution in [0.25, 0.3) is 0 Å². The molecule has 0 radical (unpaired) electrons. The molecule has 3 N–H and O–H groups in total. The van der Waals surface area contributed by atoms with Gasteiger partial charge in [-0.25, -0.2) is 0 Å². The van der Waals surface area contributed by atoms with Crippen LogP contribution in [0.5, 0.6) is 0 Å². The molecule has 2 rings (SSSR count). The lowest BCUT2D eigenvalue weighted by atomic mass is 9.70. The molecule has 0 aromatic heterocycles. The van der Waals surface area contributed by atoms with Gasteiger partial charge < -0.3 is 15.8 Å². The van der Waals surface area contributed by atoms with E-state index < -0.39 is 0 Å². The van der Waals surface area contributed by atoms with Crippen LogP contribution < -0.4 is 11.1 Å². The SMILES string of the molecule is COC(=O)Cc1cc(N)c(NC2CC(C)CC(C)(C)C2)cc1C. The molecule has 0 amide bonds. The minimum atomic E-state index is -0.240. The van der Waals surface area contributed by atoms with Gasteiger partial charge in [0.05, 0.1) is 24.9 Å². The highest BCUT2D eigenvalue weighted by Gasteiger charge is 2.32. The van der Waals surface area contributed by atoms with E-state index in [4.69, 9.17) is 10.5 Å². The molecule has 0 spiro atoms. The van der Waals surface area contributed by atoms with Gasteiger partial charge in [-0.3, -0.25) is 4.79 Å². The highest BCUT2D eigenvalue weighted by Crippen LogP contribution is 2.40. The topological polar surface area (TPSA) is 64.3 Å². The first-order valence-electron chi connectivity index (χ1n) is 8.42. The lowest BCUT2D eigenvalue weighted by Crippen LogP contribution is -2.35. The van der Waals surface area contributed by atoms with Crippen LogP contribution in [0.1, 0.15) is 51.2 Å². The van der Waals surface area contributed by atoms with Crippen molar-refractivity contribution in [2.45, 2.75) is 59.4 Å². The number of hydrogen-bond acceptors (Lipinski definition) is 4. The summed E-state index contributed by atoms with van der Waals surface area (Å²) in [5, 5.41) is 3.63. The van der Waals surface area contributed by atoms with Gasteiger partial charge in [-0.05, 0) is 60.8 Å². The summed E-state index contributed by atoms with van der Waals surface area (Å²) in [7, 11) is 1.41. The minimum Gasteiger partial charge on any atom is -0.469 e. The van der Waals surface area contributed by atoms with Crippen LogP contribution in [-0.2, 0) is 16.0 Å². The van der Waals surface area contributed by atoms with Crippen molar-refractivity contribution in [3.05, 3.63) is 23.3 Å². The zero-order valence-electron chi connectivity index (χ0n) is 15.0. The van der Waals surface area contributed by atoms with Crippen molar-refractivity contribution in [2.75, 3.05) is 18.2 Å². The zero-order valence-corrected chi connectivity index (χ0v) is 15.0. The van der Waals surface area contributed by atoms with Crippen molar-refractivity contribution in [2.24, 2.45) is 11.3 Å². The van der Waals surface area contributed by atoms with E-state index in [2.05, 4.69) is 32.2 Å². The van der Waals surface area contributed by atoms with Gasteiger partial charge in [0.15, 0.2) is 0 Å². The van der Waals surface area contributed by atoms with Crippen molar-refractivity contribution in [1.29, 1.82) is 0 Å². The molecular formula is C19H30N2O2. The molecule has 0 bridgehead atoms. The molecule has 0 aliphatic heterocycles. The summed E-state index contributed by atoms with van der Waals surface area (Å²) < 4.78 is 4.74. The largest absolute Gasteiger partial charge is 0.469 e. The van der Waals surface area contributed by atoms with Gasteiger partial charge in [-0.1, -0.05) is 20.8 Å². The van der Waals surface area contributed by atoms with Crippen LogP contribution in [-0.4, -0.2) is 19.1 Å². The van der Waals surface area contributed by atoms with Crippen LogP contribution >= 0.6 is 0 Å². The van der Waals surface area contributed by atoms with Crippen LogP contribution in [0.3, 0.4) is 0 Å². The molecule has 1 aromatic rings. The molecule has 1 fully saturated rings. The van der Waals surface area contributed by atoms with E-state index in [-0.39, 0.29) is 12.4 Å². The second kappa shape index (κ2) is 6.81. The Morgan fingerprint density at radius 1 is 1.39 bits per heavy atom. The fourth-order valence-corrected chi connectivity index (χ4v) is 3.99. The van der Waals surface area contributed by atoms with Crippen LogP contribution in [0.4, 0.5) is 11.4 Å². The van der Waals surface area contributed by atoms with Crippen molar-refractivity contribution >= 4 is 17.3 Å². The fraction of sp³-hybridized carbons (Fsp3) is 0.632. The van der Waals surface area contributed by atoms with E-state index in [1.807, 2.05) is 13.0 Å². The first-order valence-corrected chi connectivity index (χ1v) is 8.42. The van der Waals surface area contributed by atoms with Crippen LogP contribution in [0.2, 0.25) is 0 Å². The van der Waals surface area contributed by atoms with Gasteiger partial charge >= 0.3 is 5.97 Å². The van der Waals surface area contributed by atoms with E-state index in [1.165, 1.54) is 20.0 Å². The average molecular weight is 318 g/mol. The van der Waals surface area contributed by atoms with Crippen LogP contribution in [0.15, 0.2) is 12.1 Å². The zero-order chi connectivity index (χ0) is 17.2. The van der Waals surface area contributed by atoms with E-state index in [9.17, 15) is 4.79 Å². The highest BCUT2D eigenvalue weighted by atomic mass is 16.5. The van der Waals surface area contributed by atoms with E-state index in [0.717, 1.165) is 29.2 Å². The van der Waals surface area contributed by atoms with Gasteiger partial charge in [0.1, 0.15) is 0 Å². The number of anilines is 2. The maximum atomic E-state index is 11.5. The standard InChI is InChI=1S/C19H30N2O2/c1-12-6-15(11-19(3,4)10-12)21-17-7-13(2)14(8-16(17)20)9-18(22)23-5/h7-8,12,15,21H,6,9-11,20H2,1-5H3. The number of carbonyl (C=O) groups excluding carboxylic acids is 1. The molecule has 1 aliphatic carbocycles. The van der Waals surface area contributed by atoms with Crippen molar-refractivity contribution in [3.63, 3.8) is 0 Å². The number of esters is 1. The molecular weight excluding hydrogens is 288 g/mol. The number of hydrogen-bond donors (Lipinski definition) is 2. The first kappa shape index (κ1) is 17.6. The first-order chi connectivity index (χ1) is 10.7. The molecule has 128 valence electrons. The molecule has 1 aromatic carbocycles. The highest BCUT2D eigenvalue weighted by molar-refractivity contribution is 5.76. The summed E-state index contributed by atoms with van der Waals surface area (Å²) in [6.07, 6.45) is 3.86. The van der Waals surface area contributed by atoms with E-state index in [0.29, 0.717) is 17.1 Å². The Labute approximate surface area is 139 Å². The minimum absolute atomic E-state index is 0.240. The summed E-state index contributed by atoms with van der Waals surface area (Å²) in [6, 6.07) is 4.40. The summed E-state index contributed by atoms with van der Waals surface area (Å²) in [5.41, 5.74) is 10.2. The lowest BCUT2D eigenvalue weighted by molar-refractivity contribution is -0.139. The Morgan fingerprint density at radius 2 is 2.09 bits per heavy atom. The Balaban J connectivity index is 2.14. The Hall–Kier alpha value is -1.71. The number of nitrogen functional groups attached to an aromatic ring is 1. The maximum Gasteiger partial charge on any atom is 0.309 e. The van der Waals surface area contributed by atoms with Crippen molar-refractivity contribution in [3.8, 4) is 0 Å². The molecule has 4 heteroatoms. The molecule has 0 saturated heterocycles. The van der Waals surface area contributed by atoms with Crippen LogP contribution in [0, 0.1) is 18.3 Å². The van der Waals surface area contributed by atoms with E-state index >= 15 is 0 Å². The van der Waals surface area contributed by atoms with Gasteiger partial charge in [0.2, 0.25) is 0 Å². The maximum absolute atomic E-state index is 11.5. The Morgan fingerprint density at radius 3 is 2.70 bits per heavy atom. The summed E-state index contributed by atoms with van der Waals surface area (Å²) in [4.78, 5) is 11.5. The normalized spacial score (nSPS) is 23.3. The number of nitrogens with one attached hydrogen (secondary N) is 1. The fourth-order valence-electron chi connectivity index (χ4n) is 3.99. The number of methoxy groups -OCH3 is 1. The second-order valence-electron chi connectivity index (χ2n) is 7.87. The van der Waals surface area contributed by atoms with E-state index in [1.54, 1.807) is 0 Å². The number of ether oxygens (including phenoxy) is 1. The smallest absolute Gasteiger partial charge is 0.309 e. The molecule has 0 heterocycles. The Bertz CT molecular complexity index is 581. The average Bonchev–Trinajstić information content (AvgIpc) is 2.41. The lowest BCUT2D eigenvalue weighted by Gasteiger charge is -2.39. The van der Waals surface area contributed by atoms with Gasteiger partial charge in [0, 0.05) is 6.04 Å². The monoisotopic (exact) mass is 318 g/mol. The quantitative estimate of drug-likeness (QED) is 0.652. The third-order valence-electron chi connectivity index (χ3n) is 4.82. The molecule has 23 heavy (non-hydrogen) atoms. The van der Waals surface area contributed by atoms with Gasteiger partial charge in [-0.15, -0.1) is 0 Å². The second-order valence-corrected chi connectivity index (χ2v) is 7.87. The number of benzene rings is 1. The summed E-state index contributed by atoms with van der Waals surface area (Å²) in [6.45, 7) is 9.01. The predicted octanol–water partition coefficient (Wildman–Crippen LogP) is 3.92. The molecule has 2 atom stereocenters. The molecule has 4 nitrogen and oxygen atoms in total. The number of rotatable bonds is 4. The van der Waals surface area contributed by atoms with Crippen molar-refractivity contribution in [1.82, 2.24) is 0 Å². The summed E-state index contributed by atoms with van der Waals surface area (Å²) in [5.74, 6) is 0.480. The van der Waals surface area contributed by atoms with Crippen molar-refractivity contribution < 1.29 is 9.53 Å². The summed E-state index contributed by atoms with van der Waals surface area (Å²) >= 11 is 0. The third kappa shape index (κ3) is 4.63.